The van der Waals surface area contributed by atoms with Crippen LogP contribution in [-0.2, 0) is 5.41 Å². The first kappa shape index (κ1) is 17.6. The van der Waals surface area contributed by atoms with E-state index in [-0.39, 0.29) is 17.5 Å². The van der Waals surface area contributed by atoms with Gasteiger partial charge in [0, 0.05) is 22.6 Å². The highest BCUT2D eigenvalue weighted by molar-refractivity contribution is 6.42. The van der Waals surface area contributed by atoms with Crippen molar-refractivity contribution in [3.8, 4) is 0 Å². The van der Waals surface area contributed by atoms with Gasteiger partial charge in [-0.05, 0) is 33.4 Å². The molecule has 0 aliphatic heterocycles. The molecule has 0 bridgehead atoms. The molecule has 0 aromatic heterocycles. The molecule has 7 rings (SSSR count). The van der Waals surface area contributed by atoms with Crippen molar-refractivity contribution in [1.82, 2.24) is 0 Å². The molecule has 2 unspecified atom stereocenters. The van der Waals surface area contributed by atoms with E-state index in [4.69, 9.17) is 0 Å². The monoisotopic (exact) mass is 410 g/mol. The number of allylic oxidation sites excluding steroid dienone is 2. The number of fused-ring (bicyclic) bond motifs is 9. The van der Waals surface area contributed by atoms with Gasteiger partial charge in [0.15, 0.2) is 11.6 Å². The Morgan fingerprint density at radius 1 is 0.562 bits per heavy atom. The standard InChI is InChI=1S/C30H18O2/c31-28-21-14-6-4-12-19(21)25-26(28)23-16-8-9-17-24(23)30(18-10-2-1-3-11-18)27(25)20-13-5-7-15-22(20)29(30)32/h1-17,27H. The summed E-state index contributed by atoms with van der Waals surface area (Å²) in [6, 6.07) is 33.8. The van der Waals surface area contributed by atoms with Crippen LogP contribution in [0.2, 0.25) is 0 Å². The van der Waals surface area contributed by atoms with Crippen LogP contribution in [0.25, 0.3) is 11.1 Å². The van der Waals surface area contributed by atoms with Gasteiger partial charge in [-0.3, -0.25) is 9.59 Å². The third-order valence-corrected chi connectivity index (χ3v) is 7.40. The molecule has 4 aromatic rings. The van der Waals surface area contributed by atoms with Crippen molar-refractivity contribution in [1.29, 1.82) is 0 Å². The molecule has 32 heavy (non-hydrogen) atoms. The summed E-state index contributed by atoms with van der Waals surface area (Å²) in [6.07, 6.45) is 0. The number of hydrogen-bond donors (Lipinski definition) is 0. The highest BCUT2D eigenvalue weighted by atomic mass is 16.1. The molecule has 3 aliphatic carbocycles. The highest BCUT2D eigenvalue weighted by Gasteiger charge is 2.61. The van der Waals surface area contributed by atoms with Crippen molar-refractivity contribution in [2.45, 2.75) is 11.3 Å². The van der Waals surface area contributed by atoms with E-state index >= 15 is 0 Å². The van der Waals surface area contributed by atoms with Gasteiger partial charge in [-0.1, -0.05) is 103 Å². The lowest BCUT2D eigenvalue weighted by Gasteiger charge is -2.41. The Morgan fingerprint density at radius 3 is 1.94 bits per heavy atom. The Morgan fingerprint density at radius 2 is 1.16 bits per heavy atom. The van der Waals surface area contributed by atoms with Gasteiger partial charge in [-0.25, -0.2) is 0 Å². The summed E-state index contributed by atoms with van der Waals surface area (Å²) in [5.74, 6) is -0.0761. The van der Waals surface area contributed by atoms with Crippen molar-refractivity contribution in [3.63, 3.8) is 0 Å². The van der Waals surface area contributed by atoms with Crippen molar-refractivity contribution in [2.75, 3.05) is 0 Å². The van der Waals surface area contributed by atoms with Crippen LogP contribution in [0.15, 0.2) is 103 Å². The van der Waals surface area contributed by atoms with Crippen LogP contribution in [0.5, 0.6) is 0 Å². The molecule has 150 valence electrons. The van der Waals surface area contributed by atoms with Gasteiger partial charge in [-0.15, -0.1) is 0 Å². The van der Waals surface area contributed by atoms with Gasteiger partial charge >= 0.3 is 0 Å². The van der Waals surface area contributed by atoms with E-state index in [2.05, 4.69) is 18.2 Å². The van der Waals surface area contributed by atoms with Crippen LogP contribution in [0.4, 0.5) is 0 Å². The SMILES string of the molecule is O=C1C2=C(c3ccccc31)C1c3ccccc3C(=O)C1(c1ccccc1)c1ccccc12. The van der Waals surface area contributed by atoms with Gasteiger partial charge < -0.3 is 0 Å². The van der Waals surface area contributed by atoms with E-state index in [1.54, 1.807) is 0 Å². The first-order valence-corrected chi connectivity index (χ1v) is 10.9. The van der Waals surface area contributed by atoms with Crippen LogP contribution >= 0.6 is 0 Å². The number of hydrogen-bond acceptors (Lipinski definition) is 2. The second-order valence-electron chi connectivity index (χ2n) is 8.73. The molecule has 2 nitrogen and oxygen atoms in total. The van der Waals surface area contributed by atoms with E-state index in [0.717, 1.165) is 50.1 Å². The van der Waals surface area contributed by atoms with Crippen molar-refractivity contribution in [3.05, 3.63) is 142 Å². The number of Topliss-reactive ketones (excluding diaryl/α,β-unsaturated/α-hetero) is 2. The molecule has 4 aromatic carbocycles. The fourth-order valence-electron chi connectivity index (χ4n) is 6.26. The second-order valence-corrected chi connectivity index (χ2v) is 8.73. The molecular weight excluding hydrogens is 392 g/mol. The summed E-state index contributed by atoms with van der Waals surface area (Å²) >= 11 is 0. The maximum atomic E-state index is 14.4. The van der Waals surface area contributed by atoms with Gasteiger partial charge in [-0.2, -0.15) is 0 Å². The number of benzene rings is 4. The molecule has 0 spiro atoms. The van der Waals surface area contributed by atoms with Crippen LogP contribution in [0.3, 0.4) is 0 Å². The lowest BCUT2D eigenvalue weighted by Crippen LogP contribution is -2.41. The number of carbonyl (C=O) groups is 2. The average molecular weight is 410 g/mol. The third-order valence-electron chi connectivity index (χ3n) is 7.40. The maximum absolute atomic E-state index is 14.4. The van der Waals surface area contributed by atoms with Crippen molar-refractivity contribution in [2.24, 2.45) is 0 Å². The minimum absolute atomic E-state index is 0.0570. The Kier molecular flexibility index (Phi) is 3.31. The molecular formula is C30H18O2. The van der Waals surface area contributed by atoms with Crippen LogP contribution in [0, 0.1) is 0 Å². The van der Waals surface area contributed by atoms with Gasteiger partial charge in [0.2, 0.25) is 0 Å². The van der Waals surface area contributed by atoms with E-state index in [1.807, 2.05) is 84.9 Å². The molecule has 0 heterocycles. The largest absolute Gasteiger partial charge is 0.293 e. The molecule has 0 fully saturated rings. The smallest absolute Gasteiger partial charge is 0.194 e. The first-order chi connectivity index (χ1) is 15.7. The van der Waals surface area contributed by atoms with E-state index in [9.17, 15) is 9.59 Å². The number of rotatable bonds is 1. The minimum Gasteiger partial charge on any atom is -0.293 e. The normalized spacial score (nSPS) is 22.2. The van der Waals surface area contributed by atoms with Crippen molar-refractivity contribution < 1.29 is 9.59 Å². The summed E-state index contributed by atoms with van der Waals surface area (Å²) in [7, 11) is 0. The van der Waals surface area contributed by atoms with E-state index < -0.39 is 5.41 Å². The molecule has 0 N–H and O–H groups in total. The number of ketones is 2. The predicted octanol–water partition coefficient (Wildman–Crippen LogP) is 6.07. The van der Waals surface area contributed by atoms with Gasteiger partial charge in [0.1, 0.15) is 0 Å². The zero-order valence-corrected chi connectivity index (χ0v) is 17.2. The number of carbonyl (C=O) groups excluding carboxylic acids is 2. The Hall–Kier alpha value is -4.04. The topological polar surface area (TPSA) is 34.1 Å². The fourth-order valence-corrected chi connectivity index (χ4v) is 6.26. The Bertz CT molecular complexity index is 1510. The maximum Gasteiger partial charge on any atom is 0.194 e. The molecule has 0 radical (unpaired) electrons. The second kappa shape index (κ2) is 6.02. The highest BCUT2D eigenvalue weighted by Crippen LogP contribution is 2.65. The zero-order chi connectivity index (χ0) is 21.4. The van der Waals surface area contributed by atoms with Gasteiger partial charge in [0.25, 0.3) is 0 Å². The lowest BCUT2D eigenvalue weighted by molar-refractivity contribution is 0.0921. The average Bonchev–Trinajstić information content (AvgIpc) is 3.30. The molecule has 3 aliphatic rings. The van der Waals surface area contributed by atoms with Crippen LogP contribution in [0.1, 0.15) is 54.5 Å². The quantitative estimate of drug-likeness (QED) is 0.381. The molecule has 0 saturated carbocycles. The predicted molar refractivity (Wildman–Crippen MR) is 125 cm³/mol. The molecule has 0 amide bonds. The van der Waals surface area contributed by atoms with Crippen LogP contribution < -0.4 is 0 Å². The van der Waals surface area contributed by atoms with Gasteiger partial charge in [0.05, 0.1) is 5.41 Å². The summed E-state index contributed by atoms with van der Waals surface area (Å²) in [4.78, 5) is 28.1. The zero-order valence-electron chi connectivity index (χ0n) is 17.2. The molecule has 2 heteroatoms. The summed E-state index contributed by atoms with van der Waals surface area (Å²) in [5.41, 5.74) is 7.08. The molecule has 2 atom stereocenters. The lowest BCUT2D eigenvalue weighted by atomic mass is 9.58. The first-order valence-electron chi connectivity index (χ1n) is 10.9. The third kappa shape index (κ3) is 1.87. The summed E-state index contributed by atoms with van der Waals surface area (Å²) in [6.45, 7) is 0. The van der Waals surface area contributed by atoms with E-state index in [1.165, 1.54) is 0 Å². The van der Waals surface area contributed by atoms with Crippen LogP contribution in [-0.4, -0.2) is 11.6 Å². The fraction of sp³-hybridized carbons (Fsp3) is 0.0667. The van der Waals surface area contributed by atoms with Crippen molar-refractivity contribution >= 4 is 22.7 Å². The van der Waals surface area contributed by atoms with E-state index in [0.29, 0.717) is 0 Å². The Labute approximate surface area is 185 Å². The molecule has 0 saturated heterocycles. The minimum atomic E-state index is -0.891. The summed E-state index contributed by atoms with van der Waals surface area (Å²) < 4.78 is 0. The Balaban J connectivity index is 1.70. The summed E-state index contributed by atoms with van der Waals surface area (Å²) in [5, 5.41) is 0.